The first-order valence-electron chi connectivity index (χ1n) is 8.00. The molecule has 0 radical (unpaired) electrons. The molecule has 1 unspecified atom stereocenters. The minimum atomic E-state index is -0.478. The molecule has 0 spiro atoms. The van der Waals surface area contributed by atoms with E-state index in [4.69, 9.17) is 13.9 Å². The van der Waals surface area contributed by atoms with Crippen LogP contribution in [0.3, 0.4) is 0 Å². The van der Waals surface area contributed by atoms with Gasteiger partial charge in [0.2, 0.25) is 0 Å². The van der Waals surface area contributed by atoms with Crippen molar-refractivity contribution < 1.29 is 18.7 Å². The monoisotopic (exact) mass is 336 g/mol. The van der Waals surface area contributed by atoms with Crippen molar-refractivity contribution in [3.63, 3.8) is 0 Å². The second-order valence-electron chi connectivity index (χ2n) is 6.07. The standard InChI is InChI=1S/C20H16O5/c1-11(21)10-14-12-7-5-9-16(23-2)18(12)25-19-13-6-3-4-8-15(13)24-20(22)17(14)19/h3-9,14H,10H2,1-2H3. The summed E-state index contributed by atoms with van der Waals surface area (Å²) in [6.45, 7) is 1.51. The molecule has 0 N–H and O–H groups in total. The van der Waals surface area contributed by atoms with Crippen molar-refractivity contribution in [3.8, 4) is 17.2 Å². The molecule has 5 nitrogen and oxygen atoms in total. The van der Waals surface area contributed by atoms with Crippen LogP contribution in [0.5, 0.6) is 17.2 Å². The minimum Gasteiger partial charge on any atom is -0.493 e. The lowest BCUT2D eigenvalue weighted by Crippen LogP contribution is -2.21. The zero-order valence-corrected chi connectivity index (χ0v) is 13.9. The Morgan fingerprint density at radius 1 is 1.12 bits per heavy atom. The van der Waals surface area contributed by atoms with Crippen molar-refractivity contribution in [1.82, 2.24) is 0 Å². The first-order chi connectivity index (χ1) is 12.1. The molecule has 2 heterocycles. The predicted octanol–water partition coefficient (Wildman–Crippen LogP) is 4.02. The number of hydrogen-bond donors (Lipinski definition) is 0. The number of ether oxygens (including phenoxy) is 2. The Morgan fingerprint density at radius 3 is 2.68 bits per heavy atom. The Hall–Kier alpha value is -3.08. The Labute approximate surface area is 143 Å². The van der Waals surface area contributed by atoms with Gasteiger partial charge in [-0.05, 0) is 25.1 Å². The second kappa shape index (κ2) is 5.77. The van der Waals surface area contributed by atoms with E-state index in [-0.39, 0.29) is 12.2 Å². The van der Waals surface area contributed by atoms with Crippen molar-refractivity contribution in [2.75, 3.05) is 7.11 Å². The van der Waals surface area contributed by atoms with E-state index < -0.39 is 11.5 Å². The van der Waals surface area contributed by atoms with Crippen LogP contribution >= 0.6 is 0 Å². The maximum Gasteiger partial charge on any atom is 0.343 e. The van der Waals surface area contributed by atoms with Crippen LogP contribution in [0.25, 0.3) is 11.0 Å². The average molecular weight is 336 g/mol. The summed E-state index contributed by atoms with van der Waals surface area (Å²) in [5.74, 6) is 1.11. The van der Waals surface area contributed by atoms with Crippen LogP contribution in [-0.4, -0.2) is 12.9 Å². The van der Waals surface area contributed by atoms with Gasteiger partial charge in [0.15, 0.2) is 11.5 Å². The number of para-hydroxylation sites is 2. The highest BCUT2D eigenvalue weighted by atomic mass is 16.5. The largest absolute Gasteiger partial charge is 0.493 e. The molecule has 1 aliphatic heterocycles. The van der Waals surface area contributed by atoms with E-state index in [1.165, 1.54) is 6.92 Å². The lowest BCUT2D eigenvalue weighted by atomic mass is 9.84. The summed E-state index contributed by atoms with van der Waals surface area (Å²) in [5, 5.41) is 0.696. The van der Waals surface area contributed by atoms with Crippen molar-refractivity contribution >= 4 is 16.8 Å². The molecule has 3 aromatic rings. The summed E-state index contributed by atoms with van der Waals surface area (Å²) in [5.41, 5.74) is 1.11. The molecule has 1 aromatic heterocycles. The van der Waals surface area contributed by atoms with E-state index in [1.54, 1.807) is 25.3 Å². The van der Waals surface area contributed by atoms with Gasteiger partial charge in [-0.3, -0.25) is 4.79 Å². The predicted molar refractivity (Wildman–Crippen MR) is 92.7 cm³/mol. The SMILES string of the molecule is COc1cccc2c1Oc1c(c(=O)oc3ccccc13)C2CC(C)=O. The number of hydrogen-bond acceptors (Lipinski definition) is 5. The van der Waals surface area contributed by atoms with Crippen LogP contribution in [0.1, 0.15) is 30.4 Å². The van der Waals surface area contributed by atoms with Gasteiger partial charge in [0, 0.05) is 17.9 Å². The van der Waals surface area contributed by atoms with E-state index in [1.807, 2.05) is 24.3 Å². The first-order valence-corrected chi connectivity index (χ1v) is 8.00. The van der Waals surface area contributed by atoms with E-state index in [0.717, 1.165) is 5.56 Å². The molecular weight excluding hydrogens is 320 g/mol. The fourth-order valence-electron chi connectivity index (χ4n) is 3.38. The van der Waals surface area contributed by atoms with Crippen LogP contribution in [-0.2, 0) is 4.79 Å². The van der Waals surface area contributed by atoms with Crippen LogP contribution < -0.4 is 15.1 Å². The first kappa shape index (κ1) is 15.4. The number of Topliss-reactive ketones (excluding diaryl/α,β-unsaturated/α-hetero) is 1. The molecule has 0 amide bonds. The van der Waals surface area contributed by atoms with Gasteiger partial charge >= 0.3 is 5.63 Å². The Balaban J connectivity index is 2.06. The van der Waals surface area contributed by atoms with Crippen molar-refractivity contribution in [3.05, 3.63) is 64.0 Å². The number of carbonyl (C=O) groups is 1. The molecule has 0 saturated carbocycles. The molecule has 0 aliphatic carbocycles. The molecule has 126 valence electrons. The van der Waals surface area contributed by atoms with Crippen LogP contribution in [0, 0.1) is 0 Å². The average Bonchev–Trinajstić information content (AvgIpc) is 2.60. The van der Waals surface area contributed by atoms with Gasteiger partial charge in [0.05, 0.1) is 18.1 Å². The molecule has 0 saturated heterocycles. The maximum atomic E-state index is 12.6. The Morgan fingerprint density at radius 2 is 1.92 bits per heavy atom. The number of ketones is 1. The number of rotatable bonds is 3. The highest BCUT2D eigenvalue weighted by molar-refractivity contribution is 5.87. The van der Waals surface area contributed by atoms with Crippen molar-refractivity contribution in [1.29, 1.82) is 0 Å². The van der Waals surface area contributed by atoms with Crippen molar-refractivity contribution in [2.24, 2.45) is 0 Å². The molecule has 1 atom stereocenters. The molecule has 0 fully saturated rings. The third-order valence-electron chi connectivity index (χ3n) is 4.45. The number of benzene rings is 2. The normalized spacial score (nSPS) is 15.2. The quantitative estimate of drug-likeness (QED) is 0.676. The number of methoxy groups -OCH3 is 1. The van der Waals surface area contributed by atoms with Gasteiger partial charge in [-0.25, -0.2) is 4.79 Å². The van der Waals surface area contributed by atoms with Crippen LogP contribution in [0.4, 0.5) is 0 Å². The molecule has 2 aromatic carbocycles. The summed E-state index contributed by atoms with van der Waals surface area (Å²) in [4.78, 5) is 24.5. The zero-order chi connectivity index (χ0) is 17.6. The summed E-state index contributed by atoms with van der Waals surface area (Å²) >= 11 is 0. The van der Waals surface area contributed by atoms with E-state index >= 15 is 0 Å². The fourth-order valence-corrected chi connectivity index (χ4v) is 3.38. The Bertz CT molecular complexity index is 1050. The minimum absolute atomic E-state index is 0.0146. The maximum absolute atomic E-state index is 12.6. The Kier molecular flexibility index (Phi) is 3.57. The van der Waals surface area contributed by atoms with E-state index in [2.05, 4.69) is 0 Å². The second-order valence-corrected chi connectivity index (χ2v) is 6.07. The summed E-state index contributed by atoms with van der Waals surface area (Å²) in [6.07, 6.45) is 0.194. The van der Waals surface area contributed by atoms with Gasteiger partial charge in [-0.1, -0.05) is 24.3 Å². The molecule has 5 heteroatoms. The lowest BCUT2D eigenvalue weighted by Gasteiger charge is -2.28. The van der Waals surface area contributed by atoms with Gasteiger partial charge < -0.3 is 13.9 Å². The van der Waals surface area contributed by atoms with Crippen molar-refractivity contribution in [2.45, 2.75) is 19.3 Å². The molecule has 4 rings (SSSR count). The lowest BCUT2D eigenvalue weighted by molar-refractivity contribution is -0.117. The number of carbonyl (C=O) groups excluding carboxylic acids is 1. The third-order valence-corrected chi connectivity index (χ3v) is 4.45. The van der Waals surface area contributed by atoms with Crippen LogP contribution in [0.15, 0.2) is 51.7 Å². The topological polar surface area (TPSA) is 65.7 Å². The molecule has 0 bridgehead atoms. The van der Waals surface area contributed by atoms with Gasteiger partial charge in [0.1, 0.15) is 17.1 Å². The molecule has 1 aliphatic rings. The van der Waals surface area contributed by atoms with Gasteiger partial charge in [0.25, 0.3) is 0 Å². The highest BCUT2D eigenvalue weighted by Crippen LogP contribution is 2.50. The zero-order valence-electron chi connectivity index (χ0n) is 13.9. The number of fused-ring (bicyclic) bond motifs is 4. The van der Waals surface area contributed by atoms with Gasteiger partial charge in [-0.15, -0.1) is 0 Å². The summed E-state index contributed by atoms with van der Waals surface area (Å²) in [7, 11) is 1.56. The molecule has 25 heavy (non-hydrogen) atoms. The molecular formula is C20H16O5. The van der Waals surface area contributed by atoms with Gasteiger partial charge in [-0.2, -0.15) is 0 Å². The van der Waals surface area contributed by atoms with Crippen LogP contribution in [0.2, 0.25) is 0 Å². The van der Waals surface area contributed by atoms with E-state index in [0.29, 0.717) is 33.8 Å². The highest BCUT2D eigenvalue weighted by Gasteiger charge is 2.34. The fraction of sp³-hybridized carbons (Fsp3) is 0.200. The smallest absolute Gasteiger partial charge is 0.343 e. The van der Waals surface area contributed by atoms with E-state index in [9.17, 15) is 9.59 Å². The third kappa shape index (κ3) is 2.39. The summed E-state index contributed by atoms with van der Waals surface area (Å²) in [6, 6.07) is 12.7. The summed E-state index contributed by atoms with van der Waals surface area (Å²) < 4.78 is 17.0.